The van der Waals surface area contributed by atoms with E-state index < -0.39 is 0 Å². The molecule has 0 radical (unpaired) electrons. The smallest absolute Gasteiger partial charge is 0.0646 e. The Kier molecular flexibility index (Phi) is 6.44. The lowest BCUT2D eigenvalue weighted by atomic mass is 9.82. The van der Waals surface area contributed by atoms with Gasteiger partial charge in [-0.2, -0.15) is 0 Å². The van der Waals surface area contributed by atoms with Crippen LogP contribution in [0.15, 0.2) is 66.0 Å². The van der Waals surface area contributed by atoms with Gasteiger partial charge in [0.1, 0.15) is 0 Å². The normalized spacial score (nSPS) is 21.1. The van der Waals surface area contributed by atoms with Crippen molar-refractivity contribution in [1.82, 2.24) is 5.32 Å². The minimum atomic E-state index is 0.377. The van der Waals surface area contributed by atoms with Gasteiger partial charge in [0, 0.05) is 30.8 Å². The van der Waals surface area contributed by atoms with Crippen LogP contribution >= 0.6 is 0 Å². The van der Waals surface area contributed by atoms with Crippen LogP contribution in [0.1, 0.15) is 24.8 Å². The Morgan fingerprint density at radius 3 is 2.77 bits per heavy atom. The molecule has 3 nitrogen and oxygen atoms in total. The number of benzene rings is 1. The predicted octanol–water partition coefficient (Wildman–Crippen LogP) is 3.33. The Morgan fingerprint density at radius 1 is 1.32 bits per heavy atom. The lowest BCUT2D eigenvalue weighted by molar-refractivity contribution is 0.234. The predicted molar refractivity (Wildman–Crippen MR) is 92.3 cm³/mol. The molecule has 0 aromatic heterocycles. The summed E-state index contributed by atoms with van der Waals surface area (Å²) in [6.45, 7) is 3.57. The molecule has 0 spiro atoms. The third-order valence-electron chi connectivity index (χ3n) is 4.11. The molecule has 0 amide bonds. The van der Waals surface area contributed by atoms with E-state index in [4.69, 9.17) is 10.5 Å². The average molecular weight is 298 g/mol. The van der Waals surface area contributed by atoms with Gasteiger partial charge in [-0.15, -0.1) is 0 Å². The summed E-state index contributed by atoms with van der Waals surface area (Å²) in [4.78, 5) is 0. The zero-order valence-corrected chi connectivity index (χ0v) is 13.5. The van der Waals surface area contributed by atoms with E-state index in [0.29, 0.717) is 25.0 Å². The van der Waals surface area contributed by atoms with Crippen LogP contribution in [0.4, 0.5) is 0 Å². The van der Waals surface area contributed by atoms with Gasteiger partial charge in [-0.3, -0.25) is 0 Å². The zero-order valence-electron chi connectivity index (χ0n) is 13.5. The maximum Gasteiger partial charge on any atom is 0.0646 e. The summed E-state index contributed by atoms with van der Waals surface area (Å²) in [5.74, 6) is 0.756. The van der Waals surface area contributed by atoms with Gasteiger partial charge < -0.3 is 15.8 Å². The quantitative estimate of drug-likeness (QED) is 0.811. The first-order valence-electron chi connectivity index (χ1n) is 7.85. The van der Waals surface area contributed by atoms with Crippen LogP contribution in [0.25, 0.3) is 0 Å². The number of methoxy groups -OCH3 is 1. The van der Waals surface area contributed by atoms with E-state index in [0.717, 1.165) is 6.42 Å². The molecule has 3 heteroatoms. The van der Waals surface area contributed by atoms with Crippen LogP contribution in [-0.2, 0) is 4.74 Å². The molecule has 3 N–H and O–H groups in total. The molecule has 22 heavy (non-hydrogen) atoms. The number of hydrogen-bond acceptors (Lipinski definition) is 3. The van der Waals surface area contributed by atoms with Crippen molar-refractivity contribution in [2.45, 2.75) is 19.3 Å². The lowest BCUT2D eigenvalue weighted by Gasteiger charge is -2.21. The summed E-state index contributed by atoms with van der Waals surface area (Å²) in [6, 6.07) is 10.6. The molecule has 0 saturated carbocycles. The molecule has 2 rings (SSSR count). The van der Waals surface area contributed by atoms with E-state index in [1.54, 1.807) is 7.11 Å². The summed E-state index contributed by atoms with van der Waals surface area (Å²) >= 11 is 0. The Hall–Kier alpha value is -1.84. The second kappa shape index (κ2) is 8.57. The van der Waals surface area contributed by atoms with Crippen molar-refractivity contribution in [3.63, 3.8) is 0 Å². The van der Waals surface area contributed by atoms with Crippen LogP contribution in [0, 0.1) is 5.92 Å². The Morgan fingerprint density at radius 2 is 2.09 bits per heavy atom. The number of nitrogens with one attached hydrogen (secondary N) is 1. The molecule has 1 unspecified atom stereocenters. The van der Waals surface area contributed by atoms with Crippen LogP contribution in [0.2, 0.25) is 0 Å². The molecule has 1 aromatic carbocycles. The van der Waals surface area contributed by atoms with Gasteiger partial charge in [-0.1, -0.05) is 49.4 Å². The largest absolute Gasteiger partial charge is 0.381 e. The number of nitrogens with two attached hydrogens (primary N) is 1. The fourth-order valence-electron chi connectivity index (χ4n) is 2.89. The molecule has 1 aromatic rings. The summed E-state index contributed by atoms with van der Waals surface area (Å²) in [6.07, 6.45) is 9.29. The second-order valence-electron chi connectivity index (χ2n) is 5.56. The highest BCUT2D eigenvalue weighted by molar-refractivity contribution is 5.38. The number of hydrogen-bond donors (Lipinski definition) is 2. The first-order valence-corrected chi connectivity index (χ1v) is 7.85. The zero-order chi connectivity index (χ0) is 15.8. The fourth-order valence-corrected chi connectivity index (χ4v) is 2.89. The van der Waals surface area contributed by atoms with E-state index in [1.807, 2.05) is 12.2 Å². The van der Waals surface area contributed by atoms with Gasteiger partial charge in [-0.05, 0) is 30.2 Å². The number of allylic oxidation sites excluding steroid dienone is 3. The van der Waals surface area contributed by atoms with E-state index in [-0.39, 0.29) is 0 Å². The van der Waals surface area contributed by atoms with Gasteiger partial charge in [0.25, 0.3) is 0 Å². The minimum absolute atomic E-state index is 0.377. The first kappa shape index (κ1) is 16.5. The van der Waals surface area contributed by atoms with Gasteiger partial charge in [0.05, 0.1) is 6.61 Å². The summed E-state index contributed by atoms with van der Waals surface area (Å²) in [5, 5.41) is 3.41. The lowest BCUT2D eigenvalue weighted by Crippen LogP contribution is -2.13. The van der Waals surface area contributed by atoms with Crippen molar-refractivity contribution in [3.05, 3.63) is 71.6 Å². The van der Waals surface area contributed by atoms with Crippen molar-refractivity contribution in [3.8, 4) is 0 Å². The van der Waals surface area contributed by atoms with Crippen LogP contribution in [-0.4, -0.2) is 20.3 Å². The minimum Gasteiger partial charge on any atom is -0.381 e. The molecule has 0 fully saturated rings. The van der Waals surface area contributed by atoms with Crippen molar-refractivity contribution in [2.75, 3.05) is 20.3 Å². The SMILES string of the molecule is COC/C=C\C=C1\NC=C([C@@H](CCN)c2ccccc2)C1C. The van der Waals surface area contributed by atoms with Crippen molar-refractivity contribution < 1.29 is 4.74 Å². The van der Waals surface area contributed by atoms with Gasteiger partial charge >= 0.3 is 0 Å². The van der Waals surface area contributed by atoms with E-state index >= 15 is 0 Å². The maximum absolute atomic E-state index is 5.84. The standard InChI is InChI=1S/C19H26N2O/c1-15-18(14-21-19(15)10-6-7-13-22-2)17(11-12-20)16-8-4-3-5-9-16/h3-10,14-15,17,21H,11-13,20H2,1-2H3/b7-6-,19-10+/t15?,17-/m0/s1. The van der Waals surface area contributed by atoms with Crippen LogP contribution in [0.3, 0.4) is 0 Å². The molecule has 0 aliphatic carbocycles. The topological polar surface area (TPSA) is 47.3 Å². The molecular weight excluding hydrogens is 272 g/mol. The average Bonchev–Trinajstić information content (AvgIpc) is 2.91. The molecule has 0 saturated heterocycles. The van der Waals surface area contributed by atoms with E-state index in [9.17, 15) is 0 Å². The molecule has 1 aliphatic rings. The van der Waals surface area contributed by atoms with Gasteiger partial charge in [0.2, 0.25) is 0 Å². The number of rotatable bonds is 7. The highest BCUT2D eigenvalue weighted by Gasteiger charge is 2.26. The van der Waals surface area contributed by atoms with Gasteiger partial charge in [-0.25, -0.2) is 0 Å². The second-order valence-corrected chi connectivity index (χ2v) is 5.56. The molecule has 2 atom stereocenters. The highest BCUT2D eigenvalue weighted by Crippen LogP contribution is 2.37. The highest BCUT2D eigenvalue weighted by atomic mass is 16.5. The third kappa shape index (κ3) is 4.09. The molecular formula is C19H26N2O. The monoisotopic (exact) mass is 298 g/mol. The van der Waals surface area contributed by atoms with E-state index in [2.05, 4.69) is 54.8 Å². The van der Waals surface area contributed by atoms with Crippen LogP contribution in [0.5, 0.6) is 0 Å². The molecule has 0 bridgehead atoms. The maximum atomic E-state index is 5.84. The first-order chi connectivity index (χ1) is 10.8. The Labute approximate surface area is 133 Å². The molecule has 118 valence electrons. The van der Waals surface area contributed by atoms with Crippen molar-refractivity contribution in [1.29, 1.82) is 0 Å². The summed E-state index contributed by atoms with van der Waals surface area (Å²) in [5.41, 5.74) is 9.81. The Balaban J connectivity index is 2.13. The number of ether oxygens (including phenoxy) is 1. The van der Waals surface area contributed by atoms with Crippen LogP contribution < -0.4 is 11.1 Å². The Bertz CT molecular complexity index is 546. The third-order valence-corrected chi connectivity index (χ3v) is 4.11. The summed E-state index contributed by atoms with van der Waals surface area (Å²) < 4.78 is 5.02. The van der Waals surface area contributed by atoms with E-state index in [1.165, 1.54) is 16.8 Å². The van der Waals surface area contributed by atoms with Gasteiger partial charge in [0.15, 0.2) is 0 Å². The van der Waals surface area contributed by atoms with Crippen molar-refractivity contribution in [2.24, 2.45) is 11.7 Å². The fraction of sp³-hybridized carbons (Fsp3) is 0.368. The molecule has 1 heterocycles. The van der Waals surface area contributed by atoms with Crippen molar-refractivity contribution >= 4 is 0 Å². The molecule has 1 aliphatic heterocycles. The summed E-state index contributed by atoms with van der Waals surface area (Å²) in [7, 11) is 1.70.